The second-order valence-corrected chi connectivity index (χ2v) is 9.28. The first kappa shape index (κ1) is 20.7. The number of hydrogen-bond acceptors (Lipinski definition) is 2. The van der Waals surface area contributed by atoms with Crippen LogP contribution in [0.15, 0.2) is 35.5 Å². The average Bonchev–Trinajstić information content (AvgIpc) is 2.94. The summed E-state index contributed by atoms with van der Waals surface area (Å²) < 4.78 is 25.8. The normalized spacial score (nSPS) is 39.7. The van der Waals surface area contributed by atoms with E-state index in [9.17, 15) is 19.0 Å². The molecule has 0 bridgehead atoms. The average molecular weight is 381 g/mol. The first-order chi connectivity index (χ1) is 12.7. The zero-order chi connectivity index (χ0) is 19.8. The largest absolute Gasteiger partial charge is 0.388 e. The fourth-order valence-electron chi connectivity index (χ4n) is 6.08. The van der Waals surface area contributed by atoms with E-state index in [4.69, 9.17) is 0 Å². The number of aliphatic hydroxyl groups excluding tert-OH is 2. The Labute approximate surface area is 162 Å². The molecule has 2 nitrogen and oxygen atoms in total. The van der Waals surface area contributed by atoms with Crippen LogP contribution in [0.4, 0.5) is 8.78 Å². The predicted octanol–water partition coefficient (Wildman–Crippen LogP) is 5.42. The minimum absolute atomic E-state index is 0.00966. The highest BCUT2D eigenvalue weighted by Crippen LogP contribution is 2.59. The van der Waals surface area contributed by atoms with Crippen molar-refractivity contribution in [3.63, 3.8) is 0 Å². The lowest BCUT2D eigenvalue weighted by atomic mass is 9.61. The molecule has 0 aliphatic heterocycles. The van der Waals surface area contributed by atoms with Crippen molar-refractivity contribution in [2.75, 3.05) is 0 Å². The lowest BCUT2D eigenvalue weighted by molar-refractivity contribution is 0.0522. The minimum Gasteiger partial charge on any atom is -0.388 e. The smallest absolute Gasteiger partial charge is 0.238 e. The van der Waals surface area contributed by atoms with Gasteiger partial charge in [-0.15, -0.1) is 0 Å². The third-order valence-electron chi connectivity index (χ3n) is 7.57. The van der Waals surface area contributed by atoms with Crippen LogP contribution in [0.25, 0.3) is 0 Å². The van der Waals surface area contributed by atoms with Crippen LogP contribution in [0.1, 0.15) is 65.2 Å². The summed E-state index contributed by atoms with van der Waals surface area (Å²) in [6.45, 7) is 8.08. The van der Waals surface area contributed by atoms with Crippen LogP contribution >= 0.6 is 0 Å². The standard InChI is InChI=1S/C23H34F2O2/c1-14(11-22(24)25)18-8-9-19-17(5-4-10-23(18,19)3)7-6-16-12-20(26)15(2)21(27)13-16/h6-7,14,18-22,26-27H,2,4-5,8-13H2,1,3H3/b17-7-/t14-,18+,19-,20+,21+,23+/m0/s1. The van der Waals surface area contributed by atoms with Gasteiger partial charge >= 0.3 is 0 Å². The van der Waals surface area contributed by atoms with Gasteiger partial charge in [0, 0.05) is 6.42 Å². The molecule has 0 amide bonds. The zero-order valence-corrected chi connectivity index (χ0v) is 16.6. The topological polar surface area (TPSA) is 40.5 Å². The molecule has 6 atom stereocenters. The molecule has 27 heavy (non-hydrogen) atoms. The van der Waals surface area contributed by atoms with Gasteiger partial charge in [0.2, 0.25) is 6.43 Å². The van der Waals surface area contributed by atoms with E-state index in [0.29, 0.717) is 30.3 Å². The molecule has 0 unspecified atom stereocenters. The van der Waals surface area contributed by atoms with Crippen LogP contribution in [-0.2, 0) is 0 Å². The van der Waals surface area contributed by atoms with Crippen LogP contribution in [0.2, 0.25) is 0 Å². The molecular formula is C23H34F2O2. The van der Waals surface area contributed by atoms with Gasteiger partial charge in [-0.05, 0) is 73.7 Å². The number of rotatable bonds is 4. The highest BCUT2D eigenvalue weighted by molar-refractivity contribution is 5.29. The number of halogens is 2. The minimum atomic E-state index is -2.22. The predicted molar refractivity (Wildman–Crippen MR) is 105 cm³/mol. The van der Waals surface area contributed by atoms with Crippen molar-refractivity contribution in [2.24, 2.45) is 23.2 Å². The van der Waals surface area contributed by atoms with Crippen LogP contribution in [-0.4, -0.2) is 28.8 Å². The van der Waals surface area contributed by atoms with Gasteiger partial charge in [0.25, 0.3) is 0 Å². The van der Waals surface area contributed by atoms with E-state index >= 15 is 0 Å². The van der Waals surface area contributed by atoms with Gasteiger partial charge in [0.1, 0.15) is 0 Å². The summed E-state index contributed by atoms with van der Waals surface area (Å²) in [6.07, 6.45) is 7.25. The molecule has 4 heteroatoms. The number of allylic oxidation sites excluding steroid dienone is 3. The summed E-state index contributed by atoms with van der Waals surface area (Å²) in [5.74, 6) is 0.906. The van der Waals surface area contributed by atoms with Crippen molar-refractivity contribution in [3.8, 4) is 0 Å². The quantitative estimate of drug-likeness (QED) is 0.640. The zero-order valence-electron chi connectivity index (χ0n) is 16.6. The molecule has 3 saturated carbocycles. The van der Waals surface area contributed by atoms with Gasteiger partial charge in [0.05, 0.1) is 12.2 Å². The third kappa shape index (κ3) is 4.22. The monoisotopic (exact) mass is 380 g/mol. The molecule has 152 valence electrons. The van der Waals surface area contributed by atoms with Crippen LogP contribution in [0.3, 0.4) is 0 Å². The molecule has 2 N–H and O–H groups in total. The highest BCUT2D eigenvalue weighted by atomic mass is 19.3. The molecule has 0 aromatic carbocycles. The number of alkyl halides is 2. The van der Waals surface area contributed by atoms with Gasteiger partial charge in [-0.3, -0.25) is 0 Å². The Balaban J connectivity index is 1.76. The molecule has 3 rings (SSSR count). The molecule has 3 aliphatic rings. The Morgan fingerprint density at radius 2 is 1.85 bits per heavy atom. The molecule has 0 spiro atoms. The maximum atomic E-state index is 12.9. The SMILES string of the molecule is C=C1[C@H](O)CC(=C/C=C2/CCC[C@]3(C)[C@@H]([C@@H](C)CC(F)F)CC[C@@H]23)C[C@H]1O. The van der Waals surface area contributed by atoms with Crippen molar-refractivity contribution in [1.29, 1.82) is 0 Å². The van der Waals surface area contributed by atoms with E-state index in [1.165, 1.54) is 5.57 Å². The summed E-state index contributed by atoms with van der Waals surface area (Å²) in [5, 5.41) is 20.1. The lowest BCUT2D eigenvalue weighted by Crippen LogP contribution is -2.36. The second-order valence-electron chi connectivity index (χ2n) is 9.28. The van der Waals surface area contributed by atoms with Crippen molar-refractivity contribution in [2.45, 2.75) is 83.8 Å². The van der Waals surface area contributed by atoms with E-state index in [0.717, 1.165) is 37.7 Å². The van der Waals surface area contributed by atoms with E-state index in [1.54, 1.807) is 0 Å². The van der Waals surface area contributed by atoms with Crippen molar-refractivity contribution in [3.05, 3.63) is 35.5 Å². The Hall–Kier alpha value is -1.00. The van der Waals surface area contributed by atoms with E-state index in [-0.39, 0.29) is 17.8 Å². The summed E-state index contributed by atoms with van der Waals surface area (Å²) in [7, 11) is 0. The van der Waals surface area contributed by atoms with Crippen molar-refractivity contribution in [1.82, 2.24) is 0 Å². The van der Waals surface area contributed by atoms with E-state index < -0.39 is 18.6 Å². The summed E-state index contributed by atoms with van der Waals surface area (Å²) in [5.41, 5.74) is 3.12. The van der Waals surface area contributed by atoms with Crippen LogP contribution in [0, 0.1) is 23.2 Å². The molecule has 0 radical (unpaired) electrons. The van der Waals surface area contributed by atoms with Gasteiger partial charge in [-0.2, -0.15) is 0 Å². The van der Waals surface area contributed by atoms with E-state index in [2.05, 4.69) is 25.7 Å². The molecule has 0 aromatic rings. The maximum Gasteiger partial charge on any atom is 0.238 e. The summed E-state index contributed by atoms with van der Waals surface area (Å²) in [6, 6.07) is 0. The molecular weight excluding hydrogens is 346 g/mol. The van der Waals surface area contributed by atoms with Gasteiger partial charge in [-0.25, -0.2) is 8.78 Å². The Morgan fingerprint density at radius 3 is 2.48 bits per heavy atom. The van der Waals surface area contributed by atoms with E-state index in [1.807, 2.05) is 6.92 Å². The molecule has 3 aliphatic carbocycles. The highest BCUT2D eigenvalue weighted by Gasteiger charge is 2.50. The van der Waals surface area contributed by atoms with Crippen LogP contribution < -0.4 is 0 Å². The van der Waals surface area contributed by atoms with Crippen molar-refractivity contribution < 1.29 is 19.0 Å². The van der Waals surface area contributed by atoms with Crippen molar-refractivity contribution >= 4 is 0 Å². The Bertz CT molecular complexity index is 608. The van der Waals surface area contributed by atoms with Gasteiger partial charge in [-0.1, -0.05) is 43.7 Å². The number of hydrogen-bond donors (Lipinski definition) is 2. The number of fused-ring (bicyclic) bond motifs is 1. The Kier molecular flexibility index (Phi) is 6.27. The second kappa shape index (κ2) is 8.16. The molecule has 3 fully saturated rings. The summed E-state index contributed by atoms with van der Waals surface area (Å²) >= 11 is 0. The fraction of sp³-hybridized carbons (Fsp3) is 0.739. The number of aliphatic hydroxyl groups is 2. The van der Waals surface area contributed by atoms with Gasteiger partial charge in [0.15, 0.2) is 0 Å². The first-order valence-electron chi connectivity index (χ1n) is 10.4. The first-order valence-corrected chi connectivity index (χ1v) is 10.4. The molecule has 0 saturated heterocycles. The van der Waals surface area contributed by atoms with Gasteiger partial charge < -0.3 is 10.2 Å². The van der Waals surface area contributed by atoms with Crippen LogP contribution in [0.5, 0.6) is 0 Å². The Morgan fingerprint density at radius 1 is 1.19 bits per heavy atom. The molecule has 0 aromatic heterocycles. The molecule has 0 heterocycles. The lowest BCUT2D eigenvalue weighted by Gasteiger charge is -2.44. The third-order valence-corrected chi connectivity index (χ3v) is 7.57. The fourth-order valence-corrected chi connectivity index (χ4v) is 6.08. The maximum absolute atomic E-state index is 12.9. The summed E-state index contributed by atoms with van der Waals surface area (Å²) in [4.78, 5) is 0.